The molecule has 2 aromatic rings. The van der Waals surface area contributed by atoms with Gasteiger partial charge in [0.05, 0.1) is 0 Å². The normalized spacial score (nSPS) is 10.1. The van der Waals surface area contributed by atoms with Crippen LogP contribution in [-0.2, 0) is 6.42 Å². The van der Waals surface area contributed by atoms with E-state index < -0.39 is 0 Å². The zero-order chi connectivity index (χ0) is 13.0. The molecule has 0 saturated carbocycles. The van der Waals surface area contributed by atoms with Crippen molar-refractivity contribution in [1.82, 2.24) is 0 Å². The minimum absolute atomic E-state index is 0. The highest BCUT2D eigenvalue weighted by atomic mass is 14.1. The lowest BCUT2D eigenvalue weighted by molar-refractivity contribution is 0.679. The van der Waals surface area contributed by atoms with Gasteiger partial charge < -0.3 is 0 Å². The Morgan fingerprint density at radius 3 is 1.55 bits per heavy atom. The molecule has 0 aliphatic carbocycles. The van der Waals surface area contributed by atoms with Crippen LogP contribution in [0.2, 0.25) is 0 Å². The van der Waals surface area contributed by atoms with Gasteiger partial charge in [0.2, 0.25) is 0 Å². The van der Waals surface area contributed by atoms with Gasteiger partial charge in [0.25, 0.3) is 0 Å². The van der Waals surface area contributed by atoms with Crippen molar-refractivity contribution in [3.8, 4) is 0 Å². The third kappa shape index (κ3) is 7.45. The van der Waals surface area contributed by atoms with Crippen molar-refractivity contribution in [1.29, 1.82) is 0 Å². The van der Waals surface area contributed by atoms with Crippen LogP contribution in [0.5, 0.6) is 0 Å². The first-order valence-corrected chi connectivity index (χ1v) is 6.77. The fourth-order valence-electron chi connectivity index (χ4n) is 2.20. The van der Waals surface area contributed by atoms with E-state index in [1.807, 2.05) is 0 Å². The molecule has 0 fully saturated rings. The molecule has 0 radical (unpaired) electrons. The second-order valence-electron chi connectivity index (χ2n) is 5.34. The average molecular weight is 303 g/mol. The molecule has 0 bridgehead atoms. The summed E-state index contributed by atoms with van der Waals surface area (Å²) in [6, 6.07) is 17.8. The predicted octanol–water partition coefficient (Wildman–Crippen LogP) is 7.58. The molecule has 0 aliphatic heterocycles. The highest BCUT2D eigenvalue weighted by Gasteiger charge is 2.05. The van der Waals surface area contributed by atoms with Crippen molar-refractivity contribution in [3.63, 3.8) is 0 Å². The van der Waals surface area contributed by atoms with Crippen molar-refractivity contribution < 1.29 is 0 Å². The minimum Gasteiger partial charge on any atom is -0.0776 e. The standard InChI is InChI=1S/C18H22.4CH4/c1-14-4-9-17(10-5-14)11-8-16(3)18-12-6-15(2)7-13-18;;;;/h4-7,9-10,12-13,16H,8,11H2,1-3H3;4*1H4. The Morgan fingerprint density at radius 1 is 0.682 bits per heavy atom. The lowest BCUT2D eigenvalue weighted by Gasteiger charge is -2.12. The molecular weight excluding hydrogens is 264 g/mol. The van der Waals surface area contributed by atoms with E-state index in [9.17, 15) is 0 Å². The van der Waals surface area contributed by atoms with Gasteiger partial charge in [0.1, 0.15) is 0 Å². The van der Waals surface area contributed by atoms with Crippen molar-refractivity contribution in [2.75, 3.05) is 0 Å². The molecule has 1 atom stereocenters. The van der Waals surface area contributed by atoms with Crippen LogP contribution in [0.4, 0.5) is 0 Å². The van der Waals surface area contributed by atoms with E-state index in [4.69, 9.17) is 0 Å². The largest absolute Gasteiger partial charge is 0.0776 e. The molecule has 0 spiro atoms. The SMILES string of the molecule is C.C.C.C.Cc1ccc(CCC(C)c2ccc(C)cc2)cc1. The Hall–Kier alpha value is -1.56. The fourth-order valence-corrected chi connectivity index (χ4v) is 2.20. The van der Waals surface area contributed by atoms with E-state index in [2.05, 4.69) is 69.3 Å². The van der Waals surface area contributed by atoms with Crippen molar-refractivity contribution >= 4 is 0 Å². The van der Waals surface area contributed by atoms with Crippen LogP contribution in [0.15, 0.2) is 48.5 Å². The third-order valence-corrected chi connectivity index (χ3v) is 3.63. The summed E-state index contributed by atoms with van der Waals surface area (Å²) in [7, 11) is 0. The first kappa shape index (κ1) is 25.4. The second kappa shape index (κ2) is 12.0. The first-order valence-electron chi connectivity index (χ1n) is 6.77. The summed E-state index contributed by atoms with van der Waals surface area (Å²) < 4.78 is 0. The topological polar surface area (TPSA) is 0 Å². The highest BCUT2D eigenvalue weighted by Crippen LogP contribution is 2.21. The van der Waals surface area contributed by atoms with Crippen LogP contribution < -0.4 is 0 Å². The van der Waals surface area contributed by atoms with Gasteiger partial charge in [0, 0.05) is 0 Å². The lowest BCUT2D eigenvalue weighted by atomic mass is 9.93. The van der Waals surface area contributed by atoms with Crippen LogP contribution in [-0.4, -0.2) is 0 Å². The summed E-state index contributed by atoms with van der Waals surface area (Å²) in [4.78, 5) is 0. The first-order chi connectivity index (χ1) is 8.65. The zero-order valence-electron chi connectivity index (χ0n) is 11.6. The number of hydrogen-bond donors (Lipinski definition) is 0. The summed E-state index contributed by atoms with van der Waals surface area (Å²) in [5, 5.41) is 0. The van der Waals surface area contributed by atoms with Crippen LogP contribution in [0.3, 0.4) is 0 Å². The van der Waals surface area contributed by atoms with Crippen molar-refractivity contribution in [3.05, 3.63) is 70.8 Å². The van der Waals surface area contributed by atoms with E-state index in [0.29, 0.717) is 5.92 Å². The van der Waals surface area contributed by atoms with Gasteiger partial charge in [-0.1, -0.05) is 96.3 Å². The molecule has 2 aromatic carbocycles. The molecular formula is C22H38. The smallest absolute Gasteiger partial charge is 0.0187 e. The van der Waals surface area contributed by atoms with Crippen LogP contribution in [0, 0.1) is 13.8 Å². The van der Waals surface area contributed by atoms with Crippen molar-refractivity contribution in [2.24, 2.45) is 0 Å². The molecule has 0 heterocycles. The minimum atomic E-state index is 0. The summed E-state index contributed by atoms with van der Waals surface area (Å²) in [5.41, 5.74) is 5.57. The summed E-state index contributed by atoms with van der Waals surface area (Å²) >= 11 is 0. The third-order valence-electron chi connectivity index (χ3n) is 3.63. The molecule has 2 rings (SSSR count). The molecule has 0 heteroatoms. The number of benzene rings is 2. The molecule has 0 aromatic heterocycles. The molecule has 0 amide bonds. The Morgan fingerprint density at radius 2 is 1.09 bits per heavy atom. The Balaban J connectivity index is -0.000000902. The number of hydrogen-bond acceptors (Lipinski definition) is 0. The molecule has 0 saturated heterocycles. The van der Waals surface area contributed by atoms with Gasteiger partial charge in [-0.05, 0) is 43.7 Å². The Bertz CT molecular complexity index is 476. The summed E-state index contributed by atoms with van der Waals surface area (Å²) in [5.74, 6) is 0.631. The number of aryl methyl sites for hydroxylation is 3. The Labute approximate surface area is 140 Å². The lowest BCUT2D eigenvalue weighted by Crippen LogP contribution is -1.96. The quantitative estimate of drug-likeness (QED) is 0.546. The monoisotopic (exact) mass is 302 g/mol. The van der Waals surface area contributed by atoms with Crippen molar-refractivity contribution in [2.45, 2.75) is 69.2 Å². The van der Waals surface area contributed by atoms with Gasteiger partial charge in [-0.2, -0.15) is 0 Å². The van der Waals surface area contributed by atoms with Gasteiger partial charge in [-0.3, -0.25) is 0 Å². The van der Waals surface area contributed by atoms with E-state index in [1.165, 1.54) is 28.7 Å². The van der Waals surface area contributed by atoms with Crippen LogP contribution >= 0.6 is 0 Å². The van der Waals surface area contributed by atoms with Gasteiger partial charge >= 0.3 is 0 Å². The zero-order valence-corrected chi connectivity index (χ0v) is 11.6. The van der Waals surface area contributed by atoms with E-state index >= 15 is 0 Å². The average Bonchev–Trinajstić information content (AvgIpc) is 2.38. The van der Waals surface area contributed by atoms with Gasteiger partial charge in [-0.25, -0.2) is 0 Å². The predicted molar refractivity (Wildman–Crippen MR) is 106 cm³/mol. The summed E-state index contributed by atoms with van der Waals surface area (Å²) in [6.45, 7) is 6.60. The highest BCUT2D eigenvalue weighted by molar-refractivity contribution is 5.25. The molecule has 0 N–H and O–H groups in total. The molecule has 0 aliphatic rings. The van der Waals surface area contributed by atoms with E-state index in [1.54, 1.807) is 0 Å². The fraction of sp³-hybridized carbons (Fsp3) is 0.455. The maximum absolute atomic E-state index is 2.32. The maximum Gasteiger partial charge on any atom is -0.0187 e. The number of rotatable bonds is 4. The summed E-state index contributed by atoms with van der Waals surface area (Å²) in [6.07, 6.45) is 2.38. The van der Waals surface area contributed by atoms with Gasteiger partial charge in [-0.15, -0.1) is 0 Å². The molecule has 22 heavy (non-hydrogen) atoms. The van der Waals surface area contributed by atoms with E-state index in [-0.39, 0.29) is 29.7 Å². The van der Waals surface area contributed by atoms with Crippen LogP contribution in [0.25, 0.3) is 0 Å². The van der Waals surface area contributed by atoms with Crippen LogP contribution in [0.1, 0.15) is 71.2 Å². The molecule has 1 unspecified atom stereocenters. The molecule has 0 nitrogen and oxygen atoms in total. The van der Waals surface area contributed by atoms with Gasteiger partial charge in [0.15, 0.2) is 0 Å². The second-order valence-corrected chi connectivity index (χ2v) is 5.34. The Kier molecular flexibility index (Phi) is 13.9. The maximum atomic E-state index is 2.32. The molecule has 126 valence electrons. The van der Waals surface area contributed by atoms with E-state index in [0.717, 1.165) is 6.42 Å².